The minimum Gasteiger partial charge on any atom is -0.458 e. The summed E-state index contributed by atoms with van der Waals surface area (Å²) >= 11 is 0. The van der Waals surface area contributed by atoms with Crippen molar-refractivity contribution < 1.29 is 22.7 Å². The summed E-state index contributed by atoms with van der Waals surface area (Å²) in [5.74, 6) is 0.241. The summed E-state index contributed by atoms with van der Waals surface area (Å²) in [6.45, 7) is 11.1. The van der Waals surface area contributed by atoms with Gasteiger partial charge in [-0.25, -0.2) is 0 Å². The number of carbonyl (C=O) groups is 1. The molecule has 2 nitrogen and oxygen atoms in total. The van der Waals surface area contributed by atoms with Gasteiger partial charge in [0, 0.05) is 5.92 Å². The first-order valence-electron chi connectivity index (χ1n) is 10.0. The van der Waals surface area contributed by atoms with Gasteiger partial charge in [-0.05, 0) is 75.0 Å². The average Bonchev–Trinajstić information content (AvgIpc) is 2.95. The van der Waals surface area contributed by atoms with Crippen LogP contribution in [-0.2, 0) is 9.53 Å². The Balaban J connectivity index is 1.90. The standard InChI is InChI=1S/C21H33F3O2/c1-7-18(5,21(22,23)24)16(25)26-19(6)10-11-20-12-15(19)17(3,4)14(20)9-8-13(20)2/h13-15H,7-12H2,1-6H3. The molecule has 0 N–H and O–H groups in total. The monoisotopic (exact) mass is 374 g/mol. The van der Waals surface area contributed by atoms with Crippen LogP contribution in [-0.4, -0.2) is 17.7 Å². The lowest BCUT2D eigenvalue weighted by Crippen LogP contribution is -2.52. The van der Waals surface area contributed by atoms with Crippen LogP contribution in [0.4, 0.5) is 13.2 Å². The van der Waals surface area contributed by atoms with Crippen LogP contribution in [0.3, 0.4) is 0 Å². The molecule has 0 saturated heterocycles. The smallest absolute Gasteiger partial charge is 0.404 e. The van der Waals surface area contributed by atoms with Crippen LogP contribution in [0.1, 0.15) is 80.1 Å². The normalized spacial score (nSPS) is 43.7. The third-order valence-corrected chi connectivity index (χ3v) is 8.88. The van der Waals surface area contributed by atoms with E-state index in [-0.39, 0.29) is 23.2 Å². The minimum atomic E-state index is -4.60. The number of esters is 1. The summed E-state index contributed by atoms with van der Waals surface area (Å²) < 4.78 is 46.3. The highest BCUT2D eigenvalue weighted by molar-refractivity contribution is 5.78. The Labute approximate surface area is 155 Å². The fraction of sp³-hybridized carbons (Fsp3) is 0.952. The van der Waals surface area contributed by atoms with E-state index in [0.29, 0.717) is 18.3 Å². The van der Waals surface area contributed by atoms with Crippen molar-refractivity contribution in [2.24, 2.45) is 34.0 Å². The Morgan fingerprint density at radius 1 is 1.12 bits per heavy atom. The van der Waals surface area contributed by atoms with Crippen molar-refractivity contribution in [1.29, 1.82) is 0 Å². The zero-order valence-electron chi connectivity index (χ0n) is 16.9. The van der Waals surface area contributed by atoms with Gasteiger partial charge in [0.1, 0.15) is 5.60 Å². The first-order chi connectivity index (χ1) is 11.7. The number of carbonyl (C=O) groups excluding carboxylic acids is 1. The van der Waals surface area contributed by atoms with E-state index in [0.717, 1.165) is 19.8 Å². The fourth-order valence-corrected chi connectivity index (χ4v) is 6.77. The molecule has 0 aliphatic heterocycles. The number of ether oxygens (including phenoxy) is 1. The molecular formula is C21H33F3O2. The van der Waals surface area contributed by atoms with Crippen LogP contribution in [0.15, 0.2) is 0 Å². The van der Waals surface area contributed by atoms with Crippen molar-refractivity contribution in [3.63, 3.8) is 0 Å². The maximum atomic E-state index is 13.5. The van der Waals surface area contributed by atoms with Crippen LogP contribution >= 0.6 is 0 Å². The predicted molar refractivity (Wildman–Crippen MR) is 94.4 cm³/mol. The number of rotatable bonds is 3. The highest BCUT2D eigenvalue weighted by Gasteiger charge is 2.69. The molecule has 6 atom stereocenters. The van der Waals surface area contributed by atoms with Gasteiger partial charge in [0.15, 0.2) is 5.41 Å². The molecule has 3 fully saturated rings. The summed E-state index contributed by atoms with van der Waals surface area (Å²) in [6.07, 6.45) is 0.126. The van der Waals surface area contributed by atoms with Gasteiger partial charge in [-0.3, -0.25) is 4.79 Å². The number of hydrogen-bond donors (Lipinski definition) is 0. The molecule has 2 bridgehead atoms. The second-order valence-electron chi connectivity index (χ2n) is 10.2. The quantitative estimate of drug-likeness (QED) is 0.555. The molecule has 3 aliphatic carbocycles. The van der Waals surface area contributed by atoms with Gasteiger partial charge in [-0.2, -0.15) is 13.2 Å². The third-order valence-electron chi connectivity index (χ3n) is 8.88. The number of hydrogen-bond acceptors (Lipinski definition) is 2. The van der Waals surface area contributed by atoms with E-state index in [9.17, 15) is 18.0 Å². The summed E-state index contributed by atoms with van der Waals surface area (Å²) in [5.41, 5.74) is -2.97. The Hall–Kier alpha value is -0.740. The number of halogens is 3. The molecule has 150 valence electrons. The van der Waals surface area contributed by atoms with Crippen LogP contribution in [0.2, 0.25) is 0 Å². The SMILES string of the molecule is CCC(C)(C(=O)OC1(C)CCC23CC1C(C)(C)C2CCC3C)C(F)(F)F. The van der Waals surface area contributed by atoms with Gasteiger partial charge in [0.05, 0.1) is 0 Å². The Morgan fingerprint density at radius 2 is 1.73 bits per heavy atom. The van der Waals surface area contributed by atoms with Gasteiger partial charge in [-0.1, -0.05) is 27.7 Å². The lowest BCUT2D eigenvalue weighted by molar-refractivity contribution is -0.243. The van der Waals surface area contributed by atoms with E-state index in [1.165, 1.54) is 19.8 Å². The molecule has 0 heterocycles. The molecule has 0 aromatic carbocycles. The fourth-order valence-electron chi connectivity index (χ4n) is 6.77. The van der Waals surface area contributed by atoms with Crippen molar-refractivity contribution in [3.8, 4) is 0 Å². The maximum absolute atomic E-state index is 13.5. The summed E-state index contributed by atoms with van der Waals surface area (Å²) in [5, 5.41) is 0. The van der Waals surface area contributed by atoms with Crippen LogP contribution in [0.25, 0.3) is 0 Å². The molecule has 0 amide bonds. The topological polar surface area (TPSA) is 26.3 Å². The first-order valence-corrected chi connectivity index (χ1v) is 10.0. The predicted octanol–water partition coefficient (Wildman–Crippen LogP) is 6.14. The molecular weight excluding hydrogens is 341 g/mol. The lowest BCUT2D eigenvalue weighted by Gasteiger charge is -2.47. The van der Waals surface area contributed by atoms with Crippen molar-refractivity contribution >= 4 is 5.97 Å². The molecule has 3 saturated carbocycles. The number of fused-ring (bicyclic) bond motifs is 1. The molecule has 26 heavy (non-hydrogen) atoms. The van der Waals surface area contributed by atoms with Crippen LogP contribution in [0, 0.1) is 34.0 Å². The molecule has 3 aliphatic rings. The molecule has 6 unspecified atom stereocenters. The average molecular weight is 374 g/mol. The second-order valence-corrected chi connectivity index (χ2v) is 10.2. The van der Waals surface area contributed by atoms with Gasteiger partial charge in [-0.15, -0.1) is 0 Å². The summed E-state index contributed by atoms with van der Waals surface area (Å²) in [6, 6.07) is 0. The number of alkyl halides is 3. The van der Waals surface area contributed by atoms with E-state index >= 15 is 0 Å². The Bertz CT molecular complexity index is 599. The van der Waals surface area contributed by atoms with E-state index in [2.05, 4.69) is 20.8 Å². The second kappa shape index (κ2) is 5.64. The van der Waals surface area contributed by atoms with Crippen LogP contribution in [0.5, 0.6) is 0 Å². The minimum absolute atomic E-state index is 0.0167. The highest BCUT2D eigenvalue weighted by Crippen LogP contribution is 2.73. The van der Waals surface area contributed by atoms with E-state index < -0.39 is 23.2 Å². The zero-order valence-corrected chi connectivity index (χ0v) is 16.9. The van der Waals surface area contributed by atoms with Gasteiger partial charge < -0.3 is 4.74 Å². The largest absolute Gasteiger partial charge is 0.458 e. The van der Waals surface area contributed by atoms with Gasteiger partial charge in [0.2, 0.25) is 0 Å². The summed E-state index contributed by atoms with van der Waals surface area (Å²) in [4.78, 5) is 12.7. The molecule has 0 radical (unpaired) electrons. The van der Waals surface area contributed by atoms with Crippen molar-refractivity contribution in [2.75, 3.05) is 0 Å². The maximum Gasteiger partial charge on any atom is 0.404 e. The van der Waals surface area contributed by atoms with E-state index in [4.69, 9.17) is 4.74 Å². The lowest BCUT2D eigenvalue weighted by atomic mass is 9.64. The third kappa shape index (κ3) is 2.40. The van der Waals surface area contributed by atoms with Gasteiger partial charge >= 0.3 is 12.1 Å². The summed E-state index contributed by atoms with van der Waals surface area (Å²) in [7, 11) is 0. The van der Waals surface area contributed by atoms with Crippen molar-refractivity contribution in [1.82, 2.24) is 0 Å². The molecule has 1 spiro atoms. The van der Waals surface area contributed by atoms with Crippen molar-refractivity contribution in [2.45, 2.75) is 91.8 Å². The molecule has 0 aromatic rings. The Morgan fingerprint density at radius 3 is 2.27 bits per heavy atom. The molecule has 5 heteroatoms. The molecule has 3 rings (SSSR count). The molecule has 0 aromatic heterocycles. The van der Waals surface area contributed by atoms with Crippen molar-refractivity contribution in [3.05, 3.63) is 0 Å². The first kappa shape index (κ1) is 20.0. The highest BCUT2D eigenvalue weighted by atomic mass is 19.4. The van der Waals surface area contributed by atoms with E-state index in [1.54, 1.807) is 0 Å². The van der Waals surface area contributed by atoms with Gasteiger partial charge in [0.25, 0.3) is 0 Å². The van der Waals surface area contributed by atoms with E-state index in [1.807, 2.05) is 6.92 Å². The zero-order chi connectivity index (χ0) is 19.8. The van der Waals surface area contributed by atoms with Crippen LogP contribution < -0.4 is 0 Å². The Kier molecular flexibility index (Phi) is 4.34.